The predicted octanol–water partition coefficient (Wildman–Crippen LogP) is 2.31. The average Bonchev–Trinajstić information content (AvgIpc) is 2.83. The molecule has 2 aliphatic rings. The standard InChI is InChI=1S/C15H29N3O.2ClH/c1-16-9-4-7-15(19)18-12-5-6-14(8-13-18)17-10-2-3-11-17;;/h14,16H,2-13H2,1H3;2*1H. The van der Waals surface area contributed by atoms with Crippen LogP contribution in [0.5, 0.6) is 0 Å². The van der Waals surface area contributed by atoms with Crippen molar-refractivity contribution in [3.63, 3.8) is 0 Å². The first-order valence-electron chi connectivity index (χ1n) is 7.97. The highest BCUT2D eigenvalue weighted by atomic mass is 35.5. The Morgan fingerprint density at radius 3 is 2.43 bits per heavy atom. The molecule has 0 radical (unpaired) electrons. The quantitative estimate of drug-likeness (QED) is 0.780. The summed E-state index contributed by atoms with van der Waals surface area (Å²) in [7, 11) is 1.94. The SMILES string of the molecule is CNCCCC(=O)N1CCCC(N2CCCC2)CC1.Cl.Cl. The summed E-state index contributed by atoms with van der Waals surface area (Å²) in [5.41, 5.74) is 0. The maximum atomic E-state index is 12.1. The van der Waals surface area contributed by atoms with E-state index in [0.717, 1.165) is 32.1 Å². The van der Waals surface area contributed by atoms with Crippen LogP contribution in [0.25, 0.3) is 0 Å². The number of hydrogen-bond donors (Lipinski definition) is 1. The van der Waals surface area contributed by atoms with Gasteiger partial charge in [0.1, 0.15) is 0 Å². The van der Waals surface area contributed by atoms with Crippen molar-refractivity contribution in [1.29, 1.82) is 0 Å². The van der Waals surface area contributed by atoms with Crippen molar-refractivity contribution in [2.75, 3.05) is 39.8 Å². The van der Waals surface area contributed by atoms with E-state index < -0.39 is 0 Å². The first-order valence-corrected chi connectivity index (χ1v) is 7.97. The van der Waals surface area contributed by atoms with Gasteiger partial charge in [-0.3, -0.25) is 4.79 Å². The van der Waals surface area contributed by atoms with Gasteiger partial charge in [0.05, 0.1) is 0 Å². The lowest BCUT2D eigenvalue weighted by Gasteiger charge is -2.26. The topological polar surface area (TPSA) is 35.6 Å². The molecule has 6 heteroatoms. The van der Waals surface area contributed by atoms with Crippen LogP contribution in [0.4, 0.5) is 0 Å². The van der Waals surface area contributed by atoms with E-state index in [9.17, 15) is 4.79 Å². The molecule has 2 fully saturated rings. The van der Waals surface area contributed by atoms with E-state index in [2.05, 4.69) is 15.1 Å². The van der Waals surface area contributed by atoms with Gasteiger partial charge in [-0.15, -0.1) is 24.8 Å². The first kappa shape index (κ1) is 21.0. The monoisotopic (exact) mass is 339 g/mol. The molecule has 0 bridgehead atoms. The lowest BCUT2D eigenvalue weighted by molar-refractivity contribution is -0.131. The van der Waals surface area contributed by atoms with Crippen molar-refractivity contribution in [1.82, 2.24) is 15.1 Å². The maximum Gasteiger partial charge on any atom is 0.222 e. The smallest absolute Gasteiger partial charge is 0.222 e. The fourth-order valence-electron chi connectivity index (χ4n) is 3.37. The predicted molar refractivity (Wildman–Crippen MR) is 92.7 cm³/mol. The Morgan fingerprint density at radius 1 is 1.05 bits per heavy atom. The summed E-state index contributed by atoms with van der Waals surface area (Å²) in [5, 5.41) is 3.11. The molecular formula is C15H31Cl2N3O. The Bertz CT molecular complexity index is 286. The van der Waals surface area contributed by atoms with Crippen molar-refractivity contribution in [2.45, 2.75) is 51.0 Å². The Balaban J connectivity index is 0.00000200. The zero-order chi connectivity index (χ0) is 13.5. The molecule has 1 amide bonds. The van der Waals surface area contributed by atoms with Gasteiger partial charge in [0.15, 0.2) is 0 Å². The van der Waals surface area contributed by atoms with Crippen molar-refractivity contribution in [2.24, 2.45) is 0 Å². The Morgan fingerprint density at radius 2 is 1.76 bits per heavy atom. The minimum Gasteiger partial charge on any atom is -0.343 e. The molecule has 4 nitrogen and oxygen atoms in total. The lowest BCUT2D eigenvalue weighted by atomic mass is 10.1. The molecule has 0 aromatic rings. The van der Waals surface area contributed by atoms with E-state index in [1.54, 1.807) is 0 Å². The summed E-state index contributed by atoms with van der Waals surface area (Å²) in [6, 6.07) is 0.734. The zero-order valence-electron chi connectivity index (χ0n) is 13.2. The molecule has 1 N–H and O–H groups in total. The second-order valence-electron chi connectivity index (χ2n) is 5.92. The van der Waals surface area contributed by atoms with Gasteiger partial charge in [-0.25, -0.2) is 0 Å². The van der Waals surface area contributed by atoms with Crippen molar-refractivity contribution < 1.29 is 4.79 Å². The second kappa shape index (κ2) is 11.5. The minimum absolute atomic E-state index is 0. The van der Waals surface area contributed by atoms with E-state index in [4.69, 9.17) is 0 Å². The molecule has 2 saturated heterocycles. The Kier molecular flexibility index (Phi) is 11.5. The molecule has 0 aromatic heterocycles. The largest absolute Gasteiger partial charge is 0.343 e. The van der Waals surface area contributed by atoms with Crippen molar-refractivity contribution in [3.8, 4) is 0 Å². The van der Waals surface area contributed by atoms with E-state index in [1.807, 2.05) is 7.05 Å². The van der Waals surface area contributed by atoms with Crippen LogP contribution in [0.2, 0.25) is 0 Å². The third kappa shape index (κ3) is 6.72. The van der Waals surface area contributed by atoms with Gasteiger partial charge >= 0.3 is 0 Å². The number of halogens is 2. The van der Waals surface area contributed by atoms with Crippen LogP contribution in [0.3, 0.4) is 0 Å². The summed E-state index contributed by atoms with van der Waals surface area (Å²) in [6.07, 6.45) is 8.03. The highest BCUT2D eigenvalue weighted by Gasteiger charge is 2.25. The third-order valence-corrected chi connectivity index (χ3v) is 4.52. The third-order valence-electron chi connectivity index (χ3n) is 4.52. The molecule has 2 rings (SSSR count). The van der Waals surface area contributed by atoms with Gasteiger partial charge in [-0.05, 0) is 65.2 Å². The van der Waals surface area contributed by atoms with Crippen LogP contribution >= 0.6 is 24.8 Å². The number of amides is 1. The molecule has 21 heavy (non-hydrogen) atoms. The van der Waals surface area contributed by atoms with Gasteiger partial charge in [0.25, 0.3) is 0 Å². The van der Waals surface area contributed by atoms with Gasteiger partial charge in [-0.2, -0.15) is 0 Å². The lowest BCUT2D eigenvalue weighted by Crippen LogP contribution is -2.35. The zero-order valence-corrected chi connectivity index (χ0v) is 14.8. The van der Waals surface area contributed by atoms with E-state index in [0.29, 0.717) is 12.3 Å². The molecule has 2 heterocycles. The average molecular weight is 340 g/mol. The van der Waals surface area contributed by atoms with Crippen LogP contribution in [0, 0.1) is 0 Å². The number of nitrogens with zero attached hydrogens (tertiary/aromatic N) is 2. The molecule has 1 unspecified atom stereocenters. The highest BCUT2D eigenvalue weighted by molar-refractivity contribution is 5.85. The maximum absolute atomic E-state index is 12.1. The molecule has 0 aromatic carbocycles. The van der Waals surface area contributed by atoms with E-state index >= 15 is 0 Å². The molecule has 2 aliphatic heterocycles. The van der Waals surface area contributed by atoms with E-state index in [-0.39, 0.29) is 24.8 Å². The first-order chi connectivity index (χ1) is 9.31. The summed E-state index contributed by atoms with van der Waals surface area (Å²) >= 11 is 0. The number of carbonyl (C=O) groups is 1. The van der Waals surface area contributed by atoms with Gasteiger partial charge in [0.2, 0.25) is 5.91 Å². The number of nitrogens with one attached hydrogen (secondary N) is 1. The second-order valence-corrected chi connectivity index (χ2v) is 5.92. The van der Waals surface area contributed by atoms with Crippen molar-refractivity contribution >= 4 is 30.7 Å². The molecule has 126 valence electrons. The molecule has 0 aliphatic carbocycles. The minimum atomic E-state index is 0. The Hall–Kier alpha value is -0.0300. The van der Waals surface area contributed by atoms with E-state index in [1.165, 1.54) is 45.2 Å². The van der Waals surface area contributed by atoms with Gasteiger partial charge in [0, 0.05) is 25.6 Å². The van der Waals surface area contributed by atoms with Gasteiger partial charge < -0.3 is 15.1 Å². The number of hydrogen-bond acceptors (Lipinski definition) is 3. The molecule has 1 atom stereocenters. The molecule has 0 spiro atoms. The Labute approximate surface area is 141 Å². The fraction of sp³-hybridized carbons (Fsp3) is 0.933. The molecule has 0 saturated carbocycles. The summed E-state index contributed by atoms with van der Waals surface area (Å²) < 4.78 is 0. The molecular weight excluding hydrogens is 309 g/mol. The normalized spacial score (nSPS) is 23.1. The van der Waals surface area contributed by atoms with Crippen LogP contribution in [0.1, 0.15) is 44.9 Å². The van der Waals surface area contributed by atoms with Crippen molar-refractivity contribution in [3.05, 3.63) is 0 Å². The van der Waals surface area contributed by atoms with Crippen LogP contribution in [-0.4, -0.2) is 61.5 Å². The number of rotatable bonds is 5. The van der Waals surface area contributed by atoms with Crippen LogP contribution in [-0.2, 0) is 4.79 Å². The summed E-state index contributed by atoms with van der Waals surface area (Å²) in [5.74, 6) is 0.359. The van der Waals surface area contributed by atoms with Gasteiger partial charge in [-0.1, -0.05) is 0 Å². The van der Waals surface area contributed by atoms with Crippen LogP contribution in [0.15, 0.2) is 0 Å². The summed E-state index contributed by atoms with van der Waals surface area (Å²) in [4.78, 5) is 16.9. The highest BCUT2D eigenvalue weighted by Crippen LogP contribution is 2.21. The summed E-state index contributed by atoms with van der Waals surface area (Å²) in [6.45, 7) is 5.44. The van der Waals surface area contributed by atoms with Crippen LogP contribution < -0.4 is 5.32 Å². The number of likely N-dealkylation sites (tertiary alicyclic amines) is 2. The fourth-order valence-corrected chi connectivity index (χ4v) is 3.37. The number of carbonyl (C=O) groups excluding carboxylic acids is 1.